The minimum Gasteiger partial charge on any atom is -0.478 e. The van der Waals surface area contributed by atoms with E-state index < -0.39 is 23.2 Å². The quantitative estimate of drug-likeness (QED) is 0.385. The number of fused-ring (bicyclic) bond motifs is 1. The summed E-state index contributed by atoms with van der Waals surface area (Å²) >= 11 is 0. The molecule has 1 unspecified atom stereocenters. The van der Waals surface area contributed by atoms with E-state index in [0.717, 1.165) is 13.1 Å². The summed E-state index contributed by atoms with van der Waals surface area (Å²) in [7, 11) is 0. The number of amides is 3. The first kappa shape index (κ1) is 26.8. The van der Waals surface area contributed by atoms with Crippen LogP contribution in [0, 0.1) is 11.8 Å². The molecular formula is C26H34N8O5. The highest BCUT2D eigenvalue weighted by molar-refractivity contribution is 5.90. The van der Waals surface area contributed by atoms with E-state index in [0.29, 0.717) is 55.8 Å². The lowest BCUT2D eigenvalue weighted by molar-refractivity contribution is -0.137. The zero-order chi connectivity index (χ0) is 28.1. The van der Waals surface area contributed by atoms with Gasteiger partial charge in [-0.25, -0.2) is 14.4 Å². The second-order valence-corrected chi connectivity index (χ2v) is 11.1. The lowest BCUT2D eigenvalue weighted by Crippen LogP contribution is -2.58. The number of aromatic nitrogens is 2. The van der Waals surface area contributed by atoms with Crippen LogP contribution in [0.1, 0.15) is 29.8 Å². The van der Waals surface area contributed by atoms with Gasteiger partial charge < -0.3 is 26.4 Å². The number of piperazine rings is 1. The molecule has 13 nitrogen and oxygen atoms in total. The van der Waals surface area contributed by atoms with Crippen molar-refractivity contribution < 1.29 is 19.5 Å². The van der Waals surface area contributed by atoms with Crippen LogP contribution in [0.4, 0.5) is 10.6 Å². The van der Waals surface area contributed by atoms with Crippen LogP contribution in [-0.4, -0.2) is 98.1 Å². The molecule has 3 atom stereocenters. The first-order valence-corrected chi connectivity index (χ1v) is 13.0. The third-order valence-corrected chi connectivity index (χ3v) is 7.78. The Morgan fingerprint density at radius 2 is 1.72 bits per heavy atom. The first-order valence-electron chi connectivity index (χ1n) is 13.0. The Balaban J connectivity index is 1.23. The monoisotopic (exact) mass is 538 g/mol. The van der Waals surface area contributed by atoms with Gasteiger partial charge in [-0.1, -0.05) is 6.07 Å². The molecule has 1 saturated carbocycles. The van der Waals surface area contributed by atoms with Crippen molar-refractivity contribution in [2.75, 3.05) is 44.6 Å². The van der Waals surface area contributed by atoms with Gasteiger partial charge >= 0.3 is 17.7 Å². The molecule has 5 rings (SSSR count). The summed E-state index contributed by atoms with van der Waals surface area (Å²) < 4.78 is 1.23. The van der Waals surface area contributed by atoms with E-state index in [9.17, 15) is 24.3 Å². The van der Waals surface area contributed by atoms with Crippen molar-refractivity contribution in [1.29, 1.82) is 0 Å². The second-order valence-electron chi connectivity index (χ2n) is 11.1. The topological polar surface area (TPSA) is 180 Å². The molecule has 3 fully saturated rings. The first-order chi connectivity index (χ1) is 18.4. The van der Waals surface area contributed by atoms with Gasteiger partial charge in [0.15, 0.2) is 0 Å². The zero-order valence-corrected chi connectivity index (χ0v) is 22.0. The summed E-state index contributed by atoms with van der Waals surface area (Å²) in [6, 6.07) is 6.18. The maximum atomic E-state index is 12.8. The van der Waals surface area contributed by atoms with Gasteiger partial charge in [0, 0.05) is 58.1 Å². The smallest absolute Gasteiger partial charge is 0.354 e. The van der Waals surface area contributed by atoms with E-state index in [1.54, 1.807) is 30.9 Å². The van der Waals surface area contributed by atoms with Gasteiger partial charge in [-0.3, -0.25) is 19.6 Å². The van der Waals surface area contributed by atoms with Crippen LogP contribution in [0.25, 0.3) is 5.69 Å². The average molecular weight is 539 g/mol. The molecule has 0 spiro atoms. The van der Waals surface area contributed by atoms with Crippen molar-refractivity contribution in [3.8, 4) is 5.69 Å². The lowest BCUT2D eigenvalue weighted by Gasteiger charge is -2.37. The number of carbonyl (C=O) groups is 3. The molecule has 1 aromatic heterocycles. The molecule has 0 bridgehead atoms. The van der Waals surface area contributed by atoms with Gasteiger partial charge in [-0.2, -0.15) is 4.98 Å². The number of carbonyl (C=O) groups excluding carboxylic acids is 2. The van der Waals surface area contributed by atoms with Crippen LogP contribution >= 0.6 is 0 Å². The lowest BCUT2D eigenvalue weighted by atomic mass is 10.1. The van der Waals surface area contributed by atoms with Gasteiger partial charge in [0.2, 0.25) is 5.91 Å². The normalized spacial score (nSPS) is 22.9. The molecule has 2 saturated heterocycles. The molecule has 39 heavy (non-hydrogen) atoms. The molecule has 13 heteroatoms. The van der Waals surface area contributed by atoms with E-state index in [1.807, 2.05) is 0 Å². The predicted octanol–water partition coefficient (Wildman–Crippen LogP) is -0.267. The van der Waals surface area contributed by atoms with E-state index in [1.165, 1.54) is 27.8 Å². The number of carboxylic acid groups (broad SMARTS) is 1. The van der Waals surface area contributed by atoms with Crippen molar-refractivity contribution in [3.05, 3.63) is 52.1 Å². The number of likely N-dealkylation sites (tertiary alicyclic amines) is 1. The third kappa shape index (κ3) is 5.51. The van der Waals surface area contributed by atoms with E-state index in [4.69, 9.17) is 11.5 Å². The van der Waals surface area contributed by atoms with Gasteiger partial charge in [-0.05, 0) is 49.4 Å². The highest BCUT2D eigenvalue weighted by Crippen LogP contribution is 2.44. The predicted molar refractivity (Wildman–Crippen MR) is 142 cm³/mol. The summed E-state index contributed by atoms with van der Waals surface area (Å²) in [6.45, 7) is 6.88. The van der Waals surface area contributed by atoms with E-state index in [2.05, 4.69) is 15.2 Å². The fourth-order valence-electron chi connectivity index (χ4n) is 5.46. The van der Waals surface area contributed by atoms with Crippen LogP contribution in [-0.2, 0) is 11.3 Å². The highest BCUT2D eigenvalue weighted by Gasteiger charge is 2.53. The maximum absolute atomic E-state index is 12.8. The summed E-state index contributed by atoms with van der Waals surface area (Å²) in [5.41, 5.74) is 11.4. The van der Waals surface area contributed by atoms with Crippen molar-refractivity contribution in [2.24, 2.45) is 23.3 Å². The number of nitrogens with zero attached hydrogens (tertiary/aromatic N) is 5. The number of urea groups is 1. The number of piperidine rings is 1. The summed E-state index contributed by atoms with van der Waals surface area (Å²) in [6.07, 6.45) is 1.45. The number of hydrogen-bond acceptors (Lipinski definition) is 8. The Labute approximate surface area is 225 Å². The molecule has 1 aromatic carbocycles. The Hall–Kier alpha value is -3.81. The number of hydrogen-bond donors (Lipinski definition) is 4. The van der Waals surface area contributed by atoms with Crippen LogP contribution in [0.15, 0.2) is 35.3 Å². The minimum atomic E-state index is -1.07. The van der Waals surface area contributed by atoms with Gasteiger partial charge in [0.05, 0.1) is 16.8 Å². The maximum Gasteiger partial charge on any atom is 0.354 e. The molecule has 3 aliphatic rings. The number of nitrogens with one attached hydrogen (secondary N) is 1. The SMILES string of the molecule is CC(C)(N)C(=O)N1CCN(C(=O)Nc2ccn(-c3ccc(CN4C[C@@H]5C(N)[C@@H]5C4)c(C(=O)O)c3)c(=O)n2)CC1. The highest BCUT2D eigenvalue weighted by atomic mass is 16.4. The van der Waals surface area contributed by atoms with E-state index >= 15 is 0 Å². The number of rotatable bonds is 6. The Morgan fingerprint density at radius 1 is 1.08 bits per heavy atom. The van der Waals surface area contributed by atoms with Crippen LogP contribution < -0.4 is 22.5 Å². The summed E-state index contributed by atoms with van der Waals surface area (Å²) in [4.78, 5) is 59.2. The van der Waals surface area contributed by atoms with Gasteiger partial charge in [0.25, 0.3) is 0 Å². The number of anilines is 1. The number of benzene rings is 1. The van der Waals surface area contributed by atoms with Gasteiger partial charge in [0.1, 0.15) is 5.82 Å². The van der Waals surface area contributed by atoms with Crippen molar-refractivity contribution in [1.82, 2.24) is 24.3 Å². The number of nitrogens with two attached hydrogens (primary N) is 2. The molecule has 6 N–H and O–H groups in total. The van der Waals surface area contributed by atoms with Crippen molar-refractivity contribution in [3.63, 3.8) is 0 Å². The van der Waals surface area contributed by atoms with Crippen LogP contribution in [0.2, 0.25) is 0 Å². The number of carboxylic acids is 1. The van der Waals surface area contributed by atoms with Crippen LogP contribution in [0.3, 0.4) is 0 Å². The molecule has 0 radical (unpaired) electrons. The minimum absolute atomic E-state index is 0.0729. The molecule has 1 aliphatic carbocycles. The van der Waals surface area contributed by atoms with Crippen molar-refractivity contribution >= 4 is 23.7 Å². The third-order valence-electron chi connectivity index (χ3n) is 7.78. The molecule has 2 aromatic rings. The molecule has 3 heterocycles. The Morgan fingerprint density at radius 3 is 2.31 bits per heavy atom. The average Bonchev–Trinajstić information content (AvgIpc) is 3.27. The Bertz CT molecular complexity index is 1350. The summed E-state index contributed by atoms with van der Waals surface area (Å²) in [5, 5.41) is 12.4. The molecule has 3 amide bonds. The standard InChI is InChI=1S/C26H34N8O5/c1-26(2,28)23(37)32-7-9-33(10-8-32)24(38)29-20-5-6-34(25(39)30-20)16-4-3-15(17(11-16)22(35)36)12-31-13-18-19(14-31)21(18)27/h3-6,11,18-19,21H,7-10,12-14,27-28H2,1-2H3,(H,35,36)(H,29,30,38,39)/t18-,19+,21?. The summed E-state index contributed by atoms with van der Waals surface area (Å²) in [5.74, 6) is -0.181. The fraction of sp³-hybridized carbons (Fsp3) is 0.500. The Kier molecular flexibility index (Phi) is 6.91. The fourth-order valence-corrected chi connectivity index (χ4v) is 5.46. The van der Waals surface area contributed by atoms with Gasteiger partial charge in [-0.15, -0.1) is 0 Å². The molecular weight excluding hydrogens is 504 g/mol. The van der Waals surface area contributed by atoms with Crippen molar-refractivity contribution in [2.45, 2.75) is 32.0 Å². The van der Waals surface area contributed by atoms with Crippen LogP contribution in [0.5, 0.6) is 0 Å². The number of aromatic carboxylic acids is 1. The molecule has 208 valence electrons. The second kappa shape index (κ2) is 10.1. The zero-order valence-electron chi connectivity index (χ0n) is 22.0. The van der Waals surface area contributed by atoms with E-state index in [-0.39, 0.29) is 23.3 Å². The molecule has 2 aliphatic heterocycles. The largest absolute Gasteiger partial charge is 0.478 e.